The molecule has 3 unspecified atom stereocenters. The molecule has 0 radical (unpaired) electrons. The Hall–Kier alpha value is -1.29. The maximum absolute atomic E-state index is 12.3. The Kier molecular flexibility index (Phi) is 31.4. The molecule has 0 fully saturated rings. The van der Waals surface area contributed by atoms with Gasteiger partial charge in [0.15, 0.2) is 0 Å². The fourth-order valence-electron chi connectivity index (χ4n) is 4.87. The van der Waals surface area contributed by atoms with Crippen molar-refractivity contribution in [3.05, 3.63) is 12.2 Å². The van der Waals surface area contributed by atoms with Gasteiger partial charge in [-0.05, 0) is 38.5 Å². The van der Waals surface area contributed by atoms with Crippen LogP contribution in [0.15, 0.2) is 12.2 Å². The normalized spacial score (nSPS) is 14.3. The van der Waals surface area contributed by atoms with Gasteiger partial charge in [0.1, 0.15) is 12.2 Å². The number of esters is 2. The minimum absolute atomic E-state index is 0.185. The molecule has 3 N–H and O–H groups in total. The average molecular weight is 679 g/mol. The monoisotopic (exact) mass is 678 g/mol. The van der Waals surface area contributed by atoms with Crippen molar-refractivity contribution in [2.75, 3.05) is 26.4 Å². The Morgan fingerprint density at radius 1 is 0.565 bits per heavy atom. The highest BCUT2D eigenvalue weighted by Crippen LogP contribution is 2.43. The Balaban J connectivity index is 4.02. The lowest BCUT2D eigenvalue weighted by atomic mass is 10.1. The zero-order valence-electron chi connectivity index (χ0n) is 29.0. The number of rotatable bonds is 34. The fourth-order valence-corrected chi connectivity index (χ4v) is 5.66. The van der Waals surface area contributed by atoms with E-state index in [2.05, 4.69) is 26.0 Å². The van der Waals surface area contributed by atoms with Crippen molar-refractivity contribution in [3.8, 4) is 0 Å². The number of unbranched alkanes of at least 4 members (excludes halogenated alkanes) is 18. The van der Waals surface area contributed by atoms with E-state index in [9.17, 15) is 29.3 Å². The molecule has 0 spiro atoms. The lowest BCUT2D eigenvalue weighted by molar-refractivity contribution is -0.153. The molecular formula is C35H67O10P. The highest BCUT2D eigenvalue weighted by Gasteiger charge is 2.27. The van der Waals surface area contributed by atoms with E-state index in [4.69, 9.17) is 18.5 Å². The number of hydrogen-bond acceptors (Lipinski definition) is 9. The van der Waals surface area contributed by atoms with E-state index in [-0.39, 0.29) is 12.8 Å². The number of phosphoric ester groups is 1. The predicted molar refractivity (Wildman–Crippen MR) is 182 cm³/mol. The molecule has 3 atom stereocenters. The molecule has 0 aromatic carbocycles. The van der Waals surface area contributed by atoms with Gasteiger partial charge in [-0.3, -0.25) is 18.6 Å². The molecule has 272 valence electrons. The molecule has 46 heavy (non-hydrogen) atoms. The first-order valence-corrected chi connectivity index (χ1v) is 19.6. The zero-order valence-corrected chi connectivity index (χ0v) is 29.9. The van der Waals surface area contributed by atoms with E-state index in [1.165, 1.54) is 64.2 Å². The maximum atomic E-state index is 12.3. The van der Waals surface area contributed by atoms with Crippen LogP contribution >= 0.6 is 7.82 Å². The van der Waals surface area contributed by atoms with Crippen LogP contribution in [0, 0.1) is 0 Å². The summed E-state index contributed by atoms with van der Waals surface area (Å²) < 4.78 is 32.3. The lowest BCUT2D eigenvalue weighted by Gasteiger charge is -2.20. The Morgan fingerprint density at radius 3 is 1.26 bits per heavy atom. The number of carbonyl (C=O) groups is 2. The van der Waals surface area contributed by atoms with Gasteiger partial charge in [0.2, 0.25) is 0 Å². The third-order valence-corrected chi connectivity index (χ3v) is 8.68. The largest absolute Gasteiger partial charge is 0.472 e. The van der Waals surface area contributed by atoms with Crippen molar-refractivity contribution in [2.24, 2.45) is 0 Å². The third kappa shape index (κ3) is 30.1. The number of aliphatic hydroxyl groups is 2. The second kappa shape index (κ2) is 32.3. The minimum atomic E-state index is -4.62. The van der Waals surface area contributed by atoms with Crippen molar-refractivity contribution in [1.29, 1.82) is 0 Å². The minimum Gasteiger partial charge on any atom is -0.457 e. The molecule has 0 saturated heterocycles. The molecule has 0 saturated carbocycles. The number of ether oxygens (including phenoxy) is 2. The molecule has 0 aliphatic carbocycles. The summed E-state index contributed by atoms with van der Waals surface area (Å²) >= 11 is 0. The van der Waals surface area contributed by atoms with Crippen molar-refractivity contribution < 1.29 is 47.8 Å². The van der Waals surface area contributed by atoms with Gasteiger partial charge < -0.3 is 24.6 Å². The van der Waals surface area contributed by atoms with Gasteiger partial charge in [-0.15, -0.1) is 0 Å². The Morgan fingerprint density at radius 2 is 0.891 bits per heavy atom. The molecule has 0 aromatic rings. The van der Waals surface area contributed by atoms with Crippen molar-refractivity contribution in [2.45, 2.75) is 174 Å². The van der Waals surface area contributed by atoms with Crippen molar-refractivity contribution in [3.63, 3.8) is 0 Å². The smallest absolute Gasteiger partial charge is 0.457 e. The summed E-state index contributed by atoms with van der Waals surface area (Å²) in [6, 6.07) is 0. The van der Waals surface area contributed by atoms with Crippen LogP contribution in [0.1, 0.15) is 162 Å². The summed E-state index contributed by atoms with van der Waals surface area (Å²) in [5.74, 6) is -1.03. The first kappa shape index (κ1) is 44.7. The number of aliphatic hydroxyl groups excluding tert-OH is 2. The van der Waals surface area contributed by atoms with Crippen LogP contribution in [0.25, 0.3) is 0 Å². The standard InChI is InChI=1S/C35H67O10P/c1-3-5-7-9-11-13-15-16-17-19-21-23-25-27-35(39)45-33(29-37)31-43-46(40,41)42-30-32(28-36)44-34(38)26-24-22-20-18-14-12-10-8-6-4-2/h13,15,32-33,36-37H,3-12,14,16-31H2,1-2H3,(H,40,41)/b15-13-. The SMILES string of the molecule is CCCCCC/C=C\CCCCCCCC(=O)OC(CO)COP(=O)(O)OCC(CO)OC(=O)CCCCCCCCCCCC. The third-order valence-electron chi connectivity index (χ3n) is 7.73. The Labute approximate surface area is 279 Å². The van der Waals surface area contributed by atoms with Crippen molar-refractivity contribution >= 4 is 19.8 Å². The highest BCUT2D eigenvalue weighted by molar-refractivity contribution is 7.47. The number of allylic oxidation sites excluding steroid dienone is 2. The molecule has 0 aliphatic heterocycles. The molecule has 0 bridgehead atoms. The number of phosphoric acid groups is 1. The number of hydrogen-bond donors (Lipinski definition) is 3. The van der Waals surface area contributed by atoms with Crippen LogP contribution in [-0.4, -0.2) is 65.7 Å². The second-order valence-electron chi connectivity index (χ2n) is 12.2. The van der Waals surface area contributed by atoms with Crippen LogP contribution in [-0.2, 0) is 32.7 Å². The molecule has 11 heteroatoms. The van der Waals surface area contributed by atoms with Gasteiger partial charge in [0.05, 0.1) is 26.4 Å². The van der Waals surface area contributed by atoms with Gasteiger partial charge in [0, 0.05) is 12.8 Å². The molecule has 0 rings (SSSR count). The second-order valence-corrected chi connectivity index (χ2v) is 13.7. The summed E-state index contributed by atoms with van der Waals surface area (Å²) in [5, 5.41) is 19.0. The topological polar surface area (TPSA) is 149 Å². The van der Waals surface area contributed by atoms with E-state index < -0.39 is 58.4 Å². The first-order chi connectivity index (χ1) is 22.3. The fraction of sp³-hybridized carbons (Fsp3) is 0.886. The molecule has 0 amide bonds. The van der Waals surface area contributed by atoms with E-state index in [0.29, 0.717) is 12.8 Å². The van der Waals surface area contributed by atoms with Crippen LogP contribution in [0.5, 0.6) is 0 Å². The molecule has 10 nitrogen and oxygen atoms in total. The summed E-state index contributed by atoms with van der Waals surface area (Å²) in [7, 11) is -4.62. The molecule has 0 aromatic heterocycles. The van der Waals surface area contributed by atoms with Gasteiger partial charge in [-0.25, -0.2) is 4.57 Å². The maximum Gasteiger partial charge on any atom is 0.472 e. The van der Waals surface area contributed by atoms with Crippen LogP contribution in [0.2, 0.25) is 0 Å². The molecular weight excluding hydrogens is 611 g/mol. The van der Waals surface area contributed by atoms with E-state index in [1.54, 1.807) is 0 Å². The van der Waals surface area contributed by atoms with E-state index in [0.717, 1.165) is 57.8 Å². The lowest BCUT2D eigenvalue weighted by Crippen LogP contribution is -2.28. The predicted octanol–water partition coefficient (Wildman–Crippen LogP) is 8.50. The molecule has 0 heterocycles. The van der Waals surface area contributed by atoms with Gasteiger partial charge in [-0.1, -0.05) is 122 Å². The summed E-state index contributed by atoms with van der Waals surface area (Å²) in [6.07, 6.45) is 26.2. The average Bonchev–Trinajstić information content (AvgIpc) is 3.04. The summed E-state index contributed by atoms with van der Waals surface area (Å²) in [4.78, 5) is 34.2. The highest BCUT2D eigenvalue weighted by atomic mass is 31.2. The Bertz CT molecular complexity index is 791. The first-order valence-electron chi connectivity index (χ1n) is 18.1. The molecule has 0 aliphatic rings. The van der Waals surface area contributed by atoms with Gasteiger partial charge in [-0.2, -0.15) is 0 Å². The van der Waals surface area contributed by atoms with Gasteiger partial charge in [0.25, 0.3) is 0 Å². The van der Waals surface area contributed by atoms with Crippen LogP contribution < -0.4 is 0 Å². The summed E-state index contributed by atoms with van der Waals surface area (Å²) in [5.41, 5.74) is 0. The van der Waals surface area contributed by atoms with Crippen LogP contribution in [0.3, 0.4) is 0 Å². The van der Waals surface area contributed by atoms with Gasteiger partial charge >= 0.3 is 19.8 Å². The van der Waals surface area contributed by atoms with E-state index in [1.807, 2.05) is 0 Å². The van der Waals surface area contributed by atoms with Crippen LogP contribution in [0.4, 0.5) is 0 Å². The summed E-state index contributed by atoms with van der Waals surface area (Å²) in [6.45, 7) is 2.15. The number of carbonyl (C=O) groups excluding carboxylic acids is 2. The van der Waals surface area contributed by atoms with E-state index >= 15 is 0 Å². The zero-order chi connectivity index (χ0) is 34.1. The van der Waals surface area contributed by atoms with Crippen molar-refractivity contribution in [1.82, 2.24) is 0 Å². The quantitative estimate of drug-likeness (QED) is 0.0262.